The number of aryl methyl sites for hydroxylation is 1. The van der Waals surface area contributed by atoms with Crippen molar-refractivity contribution in [3.8, 4) is 0 Å². The van der Waals surface area contributed by atoms with Crippen LogP contribution in [0, 0.1) is 0 Å². The SMILES string of the molecule is CCCc1cccc(CN2CCC[C@@H]2C(=O)O)c1. The number of rotatable bonds is 5. The predicted octanol–water partition coefficient (Wildman–Crippen LogP) is 2.69. The Morgan fingerprint density at radius 2 is 2.22 bits per heavy atom. The fourth-order valence-electron chi connectivity index (χ4n) is 2.70. The highest BCUT2D eigenvalue weighted by Gasteiger charge is 2.30. The largest absolute Gasteiger partial charge is 0.480 e. The molecule has 0 unspecified atom stereocenters. The number of hydrogen-bond donors (Lipinski definition) is 1. The number of nitrogens with zero attached hydrogens (tertiary/aromatic N) is 1. The Hall–Kier alpha value is -1.35. The molecule has 0 aromatic heterocycles. The van der Waals surface area contributed by atoms with E-state index in [1.54, 1.807) is 0 Å². The van der Waals surface area contributed by atoms with E-state index in [0.717, 1.165) is 38.8 Å². The van der Waals surface area contributed by atoms with E-state index in [9.17, 15) is 4.79 Å². The molecule has 3 heteroatoms. The van der Waals surface area contributed by atoms with Crippen molar-refractivity contribution >= 4 is 5.97 Å². The minimum absolute atomic E-state index is 0.292. The molecule has 3 nitrogen and oxygen atoms in total. The van der Waals surface area contributed by atoms with Gasteiger partial charge in [0.2, 0.25) is 0 Å². The van der Waals surface area contributed by atoms with Crippen molar-refractivity contribution in [3.05, 3.63) is 35.4 Å². The first-order valence-corrected chi connectivity index (χ1v) is 6.75. The van der Waals surface area contributed by atoms with Crippen LogP contribution in [0.2, 0.25) is 0 Å². The van der Waals surface area contributed by atoms with E-state index in [4.69, 9.17) is 5.11 Å². The molecule has 1 atom stereocenters. The van der Waals surface area contributed by atoms with Gasteiger partial charge in [0, 0.05) is 6.54 Å². The van der Waals surface area contributed by atoms with Gasteiger partial charge in [-0.1, -0.05) is 37.6 Å². The first kappa shape index (κ1) is 13.1. The van der Waals surface area contributed by atoms with Gasteiger partial charge in [0.15, 0.2) is 0 Å². The van der Waals surface area contributed by atoms with Crippen molar-refractivity contribution in [2.75, 3.05) is 6.54 Å². The molecule has 0 aliphatic carbocycles. The summed E-state index contributed by atoms with van der Waals surface area (Å²) in [5.41, 5.74) is 2.58. The number of aliphatic carboxylic acids is 1. The van der Waals surface area contributed by atoms with Gasteiger partial charge in [-0.2, -0.15) is 0 Å². The van der Waals surface area contributed by atoms with Crippen LogP contribution in [0.5, 0.6) is 0 Å². The van der Waals surface area contributed by atoms with Gasteiger partial charge in [-0.15, -0.1) is 0 Å². The average Bonchev–Trinajstić information content (AvgIpc) is 2.78. The van der Waals surface area contributed by atoms with Crippen molar-refractivity contribution in [2.24, 2.45) is 0 Å². The summed E-state index contributed by atoms with van der Waals surface area (Å²) >= 11 is 0. The first-order chi connectivity index (χ1) is 8.70. The second kappa shape index (κ2) is 6.01. The van der Waals surface area contributed by atoms with Gasteiger partial charge in [0.1, 0.15) is 6.04 Å². The Morgan fingerprint density at radius 3 is 2.94 bits per heavy atom. The minimum Gasteiger partial charge on any atom is -0.480 e. The molecule has 0 amide bonds. The third-order valence-electron chi connectivity index (χ3n) is 3.56. The van der Waals surface area contributed by atoms with E-state index < -0.39 is 5.97 Å². The molecule has 0 saturated carbocycles. The van der Waals surface area contributed by atoms with E-state index in [1.807, 2.05) is 0 Å². The topological polar surface area (TPSA) is 40.5 Å². The lowest BCUT2D eigenvalue weighted by Gasteiger charge is -2.21. The molecule has 1 heterocycles. The number of likely N-dealkylation sites (tertiary alicyclic amines) is 1. The van der Waals surface area contributed by atoms with Crippen LogP contribution in [0.4, 0.5) is 0 Å². The zero-order valence-corrected chi connectivity index (χ0v) is 10.9. The van der Waals surface area contributed by atoms with Crippen LogP contribution < -0.4 is 0 Å². The predicted molar refractivity (Wildman–Crippen MR) is 71.5 cm³/mol. The lowest BCUT2D eigenvalue weighted by atomic mass is 10.1. The van der Waals surface area contributed by atoms with Gasteiger partial charge in [-0.05, 0) is 36.9 Å². The molecule has 1 fully saturated rings. The lowest BCUT2D eigenvalue weighted by molar-refractivity contribution is -0.142. The fourth-order valence-corrected chi connectivity index (χ4v) is 2.70. The Morgan fingerprint density at radius 1 is 1.44 bits per heavy atom. The zero-order valence-electron chi connectivity index (χ0n) is 10.9. The fraction of sp³-hybridized carbons (Fsp3) is 0.533. The third kappa shape index (κ3) is 3.10. The maximum atomic E-state index is 11.1. The molecule has 1 aliphatic rings. The van der Waals surface area contributed by atoms with Crippen LogP contribution in [0.1, 0.15) is 37.3 Å². The van der Waals surface area contributed by atoms with Crippen molar-refractivity contribution in [3.63, 3.8) is 0 Å². The Kier molecular flexibility index (Phi) is 4.37. The van der Waals surface area contributed by atoms with Crippen molar-refractivity contribution in [1.29, 1.82) is 0 Å². The van der Waals surface area contributed by atoms with Gasteiger partial charge < -0.3 is 5.11 Å². The maximum absolute atomic E-state index is 11.1. The van der Waals surface area contributed by atoms with Gasteiger partial charge in [-0.3, -0.25) is 9.69 Å². The molecular formula is C15H21NO2. The second-order valence-electron chi connectivity index (χ2n) is 5.04. The standard InChI is InChI=1S/C15H21NO2/c1-2-5-12-6-3-7-13(10-12)11-16-9-4-8-14(16)15(17)18/h3,6-7,10,14H,2,4-5,8-9,11H2,1H3,(H,17,18)/t14-/m1/s1. The summed E-state index contributed by atoms with van der Waals surface area (Å²) in [4.78, 5) is 13.2. The highest BCUT2D eigenvalue weighted by molar-refractivity contribution is 5.73. The molecule has 18 heavy (non-hydrogen) atoms. The van der Waals surface area contributed by atoms with Gasteiger partial charge in [-0.25, -0.2) is 0 Å². The number of hydrogen-bond acceptors (Lipinski definition) is 2. The Bertz CT molecular complexity index is 417. The third-order valence-corrected chi connectivity index (χ3v) is 3.56. The van der Waals surface area contributed by atoms with Gasteiger partial charge in [0.25, 0.3) is 0 Å². The van der Waals surface area contributed by atoms with Crippen molar-refractivity contribution in [1.82, 2.24) is 4.90 Å². The van der Waals surface area contributed by atoms with Crippen LogP contribution >= 0.6 is 0 Å². The summed E-state index contributed by atoms with van der Waals surface area (Å²) in [6.45, 7) is 3.83. The summed E-state index contributed by atoms with van der Waals surface area (Å²) in [6, 6.07) is 8.23. The number of carboxylic acid groups (broad SMARTS) is 1. The molecule has 0 spiro atoms. The Balaban J connectivity index is 2.04. The molecule has 0 bridgehead atoms. The van der Waals surface area contributed by atoms with E-state index >= 15 is 0 Å². The molecule has 1 N–H and O–H groups in total. The monoisotopic (exact) mass is 247 g/mol. The van der Waals surface area contributed by atoms with Gasteiger partial charge in [0.05, 0.1) is 0 Å². The van der Waals surface area contributed by atoms with Crippen LogP contribution in [0.25, 0.3) is 0 Å². The minimum atomic E-state index is -0.683. The summed E-state index contributed by atoms with van der Waals surface area (Å²) in [5, 5.41) is 9.16. The smallest absolute Gasteiger partial charge is 0.320 e. The molecule has 1 aliphatic heterocycles. The molecule has 1 aromatic carbocycles. The van der Waals surface area contributed by atoms with E-state index in [1.165, 1.54) is 11.1 Å². The van der Waals surface area contributed by atoms with E-state index in [-0.39, 0.29) is 6.04 Å². The first-order valence-electron chi connectivity index (χ1n) is 6.75. The number of carboxylic acids is 1. The van der Waals surface area contributed by atoms with Crippen LogP contribution in [0.15, 0.2) is 24.3 Å². The highest BCUT2D eigenvalue weighted by atomic mass is 16.4. The zero-order chi connectivity index (χ0) is 13.0. The molecule has 1 saturated heterocycles. The van der Waals surface area contributed by atoms with E-state index in [0.29, 0.717) is 0 Å². The number of carbonyl (C=O) groups is 1. The normalized spacial score (nSPS) is 20.2. The molecule has 98 valence electrons. The molecule has 2 rings (SSSR count). The summed E-state index contributed by atoms with van der Waals surface area (Å²) in [6.07, 6.45) is 4.01. The van der Waals surface area contributed by atoms with Crippen LogP contribution in [-0.2, 0) is 17.8 Å². The summed E-state index contributed by atoms with van der Waals surface area (Å²) in [7, 11) is 0. The van der Waals surface area contributed by atoms with Crippen LogP contribution in [0.3, 0.4) is 0 Å². The molecule has 1 aromatic rings. The Labute approximate surface area is 108 Å². The number of benzene rings is 1. The summed E-state index contributed by atoms with van der Waals surface area (Å²) < 4.78 is 0. The molecule has 0 radical (unpaired) electrons. The molecular weight excluding hydrogens is 226 g/mol. The van der Waals surface area contributed by atoms with Crippen molar-refractivity contribution in [2.45, 2.75) is 45.2 Å². The van der Waals surface area contributed by atoms with Crippen molar-refractivity contribution < 1.29 is 9.90 Å². The second-order valence-corrected chi connectivity index (χ2v) is 5.04. The van der Waals surface area contributed by atoms with Crippen LogP contribution in [-0.4, -0.2) is 28.6 Å². The lowest BCUT2D eigenvalue weighted by Crippen LogP contribution is -2.35. The van der Waals surface area contributed by atoms with Gasteiger partial charge >= 0.3 is 5.97 Å². The summed E-state index contributed by atoms with van der Waals surface area (Å²) in [5.74, 6) is -0.683. The highest BCUT2D eigenvalue weighted by Crippen LogP contribution is 2.20. The maximum Gasteiger partial charge on any atom is 0.320 e. The quantitative estimate of drug-likeness (QED) is 0.869. The van der Waals surface area contributed by atoms with E-state index in [2.05, 4.69) is 36.1 Å². The average molecular weight is 247 g/mol.